The fourth-order valence-corrected chi connectivity index (χ4v) is 7.99. The van der Waals surface area contributed by atoms with Crippen LogP contribution in [-0.4, -0.2) is 70.1 Å². The summed E-state index contributed by atoms with van der Waals surface area (Å²) < 4.78 is 32.0. The molecule has 2 aliphatic rings. The van der Waals surface area contributed by atoms with Crippen molar-refractivity contribution in [3.63, 3.8) is 0 Å². The third-order valence-corrected chi connectivity index (χ3v) is 12.0. The Bertz CT molecular complexity index is 1830. The molecule has 0 bridgehead atoms. The minimum Gasteiger partial charge on any atom is -0.378 e. The van der Waals surface area contributed by atoms with E-state index >= 15 is 0 Å². The van der Waals surface area contributed by atoms with E-state index in [4.69, 9.17) is 4.74 Å². The summed E-state index contributed by atoms with van der Waals surface area (Å²) in [7, 11) is -0.559. The van der Waals surface area contributed by atoms with Gasteiger partial charge in [0.05, 0.1) is 23.6 Å². The molecule has 1 amide bonds. The Hall–Kier alpha value is -3.96. The van der Waals surface area contributed by atoms with E-state index in [0.717, 1.165) is 51.5 Å². The van der Waals surface area contributed by atoms with Crippen molar-refractivity contribution in [2.24, 2.45) is 0 Å². The molecule has 46 heavy (non-hydrogen) atoms. The smallest absolute Gasteiger partial charge is 0.242 e. The maximum absolute atomic E-state index is 14.0. The number of nitrogens with zero attached hydrogens (tertiary/aromatic N) is 2. The third-order valence-electron chi connectivity index (χ3n) is 8.70. The molecule has 2 aliphatic heterocycles. The van der Waals surface area contributed by atoms with Crippen LogP contribution in [0.1, 0.15) is 23.1 Å². The molecule has 10 heteroatoms. The van der Waals surface area contributed by atoms with Crippen LogP contribution in [0.15, 0.2) is 107 Å². The number of Topliss-reactive ketones (excluding diaryl/α,β-unsaturated/α-hetero) is 1. The molecule has 238 valence electrons. The predicted molar refractivity (Wildman–Crippen MR) is 182 cm³/mol. The van der Waals surface area contributed by atoms with Crippen molar-refractivity contribution in [3.05, 3.63) is 114 Å². The molecule has 4 aromatic carbocycles. The summed E-state index contributed by atoms with van der Waals surface area (Å²) in [5.74, 6) is -0.469. The van der Waals surface area contributed by atoms with Gasteiger partial charge in [-0.3, -0.25) is 9.59 Å². The number of sulfonamides is 1. The van der Waals surface area contributed by atoms with Gasteiger partial charge in [-0.1, -0.05) is 60.7 Å². The highest BCUT2D eigenvalue weighted by atomic mass is 32.2. The highest BCUT2D eigenvalue weighted by molar-refractivity contribution is 8.01. The Balaban J connectivity index is 1.38. The number of amides is 1. The van der Waals surface area contributed by atoms with Crippen molar-refractivity contribution in [2.45, 2.75) is 33.9 Å². The van der Waals surface area contributed by atoms with Crippen LogP contribution in [0.2, 0.25) is 0 Å². The first-order valence-electron chi connectivity index (χ1n) is 15.2. The summed E-state index contributed by atoms with van der Waals surface area (Å²) in [6.45, 7) is 4.92. The predicted octanol–water partition coefficient (Wildman–Crippen LogP) is 5.24. The number of morpholine rings is 1. The first-order valence-corrected chi connectivity index (χ1v) is 17.5. The second-order valence-electron chi connectivity index (χ2n) is 11.8. The molecule has 8 nitrogen and oxygen atoms in total. The van der Waals surface area contributed by atoms with Crippen LogP contribution < -0.4 is 10.2 Å². The standard InChI is InChI=1S/C36H37N3O5S2/c1-25-7-4-5-10-33(25)45-34-32(40)24-36(37-35(34)41,28-13-15-30(16-14-28)39-19-21-44-22-20-39)29-9-6-8-27(23-29)26-11-17-31(18-12-26)46(42,43)38(2)3/h4-18,23,34H,19-22,24H2,1-3H3,(H,37,41). The summed E-state index contributed by atoms with van der Waals surface area (Å²) in [6.07, 6.45) is 0.0860. The zero-order chi connectivity index (χ0) is 32.5. The van der Waals surface area contributed by atoms with E-state index in [1.54, 1.807) is 24.3 Å². The van der Waals surface area contributed by atoms with Crippen LogP contribution in [0.4, 0.5) is 5.69 Å². The summed E-state index contributed by atoms with van der Waals surface area (Å²) in [5.41, 5.74) is 4.23. The molecule has 0 aliphatic carbocycles. The average molecular weight is 656 g/mol. The van der Waals surface area contributed by atoms with E-state index in [9.17, 15) is 18.0 Å². The zero-order valence-corrected chi connectivity index (χ0v) is 27.7. The fraction of sp³-hybridized carbons (Fsp3) is 0.278. The van der Waals surface area contributed by atoms with Gasteiger partial charge in [0.2, 0.25) is 15.9 Å². The van der Waals surface area contributed by atoms with Gasteiger partial charge in [0, 0.05) is 44.2 Å². The lowest BCUT2D eigenvalue weighted by molar-refractivity contribution is -0.132. The number of benzene rings is 4. The van der Waals surface area contributed by atoms with Crippen molar-refractivity contribution in [1.82, 2.24) is 9.62 Å². The Morgan fingerprint density at radius 2 is 1.54 bits per heavy atom. The SMILES string of the molecule is Cc1ccccc1SC1C(=O)CC(c2ccc(N3CCOCC3)cc2)(c2cccc(-c3ccc(S(=O)(=O)N(C)C)cc3)c2)NC1=O. The number of piperidine rings is 1. The monoisotopic (exact) mass is 655 g/mol. The van der Waals surface area contributed by atoms with Crippen molar-refractivity contribution < 1.29 is 22.7 Å². The maximum atomic E-state index is 14.0. The molecule has 4 aromatic rings. The van der Waals surface area contributed by atoms with Crippen LogP contribution in [0, 0.1) is 6.92 Å². The number of carbonyl (C=O) groups excluding carboxylic acids is 2. The fourth-order valence-electron chi connectivity index (χ4n) is 6.04. The Morgan fingerprint density at radius 1 is 0.848 bits per heavy atom. The van der Waals surface area contributed by atoms with Gasteiger partial charge in [-0.25, -0.2) is 12.7 Å². The average Bonchev–Trinajstić information content (AvgIpc) is 3.07. The summed E-state index contributed by atoms with van der Waals surface area (Å²) in [5, 5.41) is 2.44. The van der Waals surface area contributed by atoms with Crippen LogP contribution in [0.3, 0.4) is 0 Å². The lowest BCUT2D eigenvalue weighted by Crippen LogP contribution is -2.58. The zero-order valence-electron chi connectivity index (χ0n) is 26.1. The van der Waals surface area contributed by atoms with Gasteiger partial charge in [0.25, 0.3) is 0 Å². The minimum atomic E-state index is -3.57. The van der Waals surface area contributed by atoms with Gasteiger partial charge in [-0.05, 0) is 71.1 Å². The number of thioether (sulfide) groups is 1. The number of rotatable bonds is 8. The van der Waals surface area contributed by atoms with Crippen molar-refractivity contribution in [3.8, 4) is 11.1 Å². The molecule has 2 saturated heterocycles. The number of hydrogen-bond donors (Lipinski definition) is 1. The number of hydrogen-bond acceptors (Lipinski definition) is 7. The van der Waals surface area contributed by atoms with Crippen LogP contribution >= 0.6 is 11.8 Å². The second kappa shape index (κ2) is 13.0. The summed E-state index contributed by atoms with van der Waals surface area (Å²) in [6, 6.07) is 30.4. The lowest BCUT2D eigenvalue weighted by atomic mass is 9.75. The molecule has 0 saturated carbocycles. The van der Waals surface area contributed by atoms with Crippen LogP contribution in [0.25, 0.3) is 11.1 Å². The summed E-state index contributed by atoms with van der Waals surface area (Å²) >= 11 is 1.29. The normalized spacial score (nSPS) is 20.5. The van der Waals surface area contributed by atoms with Crippen LogP contribution in [0.5, 0.6) is 0 Å². The van der Waals surface area contributed by atoms with Gasteiger partial charge < -0.3 is 15.0 Å². The van der Waals surface area contributed by atoms with Crippen molar-refractivity contribution in [1.29, 1.82) is 0 Å². The number of ketones is 1. The molecule has 2 heterocycles. The first kappa shape index (κ1) is 32.0. The number of aryl methyl sites for hydroxylation is 1. The van der Waals surface area contributed by atoms with Gasteiger partial charge in [0.1, 0.15) is 5.25 Å². The molecule has 0 radical (unpaired) electrons. The largest absolute Gasteiger partial charge is 0.378 e. The molecule has 2 unspecified atom stereocenters. The molecule has 2 fully saturated rings. The Morgan fingerprint density at radius 3 is 2.20 bits per heavy atom. The van der Waals surface area contributed by atoms with E-state index in [2.05, 4.69) is 10.2 Å². The van der Waals surface area contributed by atoms with Crippen molar-refractivity contribution in [2.75, 3.05) is 45.3 Å². The number of anilines is 1. The molecule has 1 N–H and O–H groups in total. The Labute approximate surface area is 274 Å². The van der Waals surface area contributed by atoms with E-state index in [0.29, 0.717) is 13.2 Å². The molecular formula is C36H37N3O5S2. The lowest BCUT2D eigenvalue weighted by Gasteiger charge is -2.41. The quantitative estimate of drug-likeness (QED) is 0.260. The first-order chi connectivity index (χ1) is 22.1. The van der Waals surface area contributed by atoms with Gasteiger partial charge in [-0.15, -0.1) is 11.8 Å². The van der Waals surface area contributed by atoms with Crippen LogP contribution in [-0.2, 0) is 29.9 Å². The molecule has 0 spiro atoms. The highest BCUT2D eigenvalue weighted by Crippen LogP contribution is 2.42. The molecular weight excluding hydrogens is 619 g/mol. The van der Waals surface area contributed by atoms with E-state index in [1.165, 1.54) is 30.2 Å². The number of carbonyl (C=O) groups is 2. The molecule has 0 aromatic heterocycles. The van der Waals surface area contributed by atoms with Gasteiger partial charge >= 0.3 is 0 Å². The van der Waals surface area contributed by atoms with E-state index < -0.39 is 20.8 Å². The minimum absolute atomic E-state index is 0.0860. The molecule has 2 atom stereocenters. The highest BCUT2D eigenvalue weighted by Gasteiger charge is 2.47. The summed E-state index contributed by atoms with van der Waals surface area (Å²) in [4.78, 5) is 31.2. The second-order valence-corrected chi connectivity index (χ2v) is 15.1. The van der Waals surface area contributed by atoms with Gasteiger partial charge in [-0.2, -0.15) is 0 Å². The maximum Gasteiger partial charge on any atom is 0.242 e. The topological polar surface area (TPSA) is 96.0 Å². The Kier molecular flexibility index (Phi) is 9.07. The van der Waals surface area contributed by atoms with E-state index in [-0.39, 0.29) is 23.0 Å². The van der Waals surface area contributed by atoms with E-state index in [1.807, 2.05) is 79.7 Å². The van der Waals surface area contributed by atoms with Gasteiger partial charge in [0.15, 0.2) is 5.78 Å². The van der Waals surface area contributed by atoms with Crippen molar-refractivity contribution >= 4 is 39.2 Å². The number of ether oxygens (including phenoxy) is 1. The molecule has 6 rings (SSSR count). The number of nitrogens with one attached hydrogen (secondary N) is 1. The third kappa shape index (κ3) is 6.22.